The van der Waals surface area contributed by atoms with Gasteiger partial charge in [0.05, 0.1) is 21.6 Å². The third-order valence-corrected chi connectivity index (χ3v) is 4.14. The van der Waals surface area contributed by atoms with Gasteiger partial charge in [0.25, 0.3) is 5.56 Å². The molecule has 17 heavy (non-hydrogen) atoms. The first-order chi connectivity index (χ1) is 7.99. The Labute approximate surface area is 108 Å². The maximum absolute atomic E-state index is 11.1. The van der Waals surface area contributed by atoms with Crippen molar-refractivity contribution in [3.05, 3.63) is 43.0 Å². The monoisotopic (exact) mass is 267 g/mol. The van der Waals surface area contributed by atoms with E-state index in [1.165, 1.54) is 10.9 Å². The molecule has 0 fully saturated rings. The van der Waals surface area contributed by atoms with Crippen LogP contribution in [0, 0.1) is 18.6 Å². The zero-order chi connectivity index (χ0) is 12.6. The van der Waals surface area contributed by atoms with Gasteiger partial charge in [-0.25, -0.2) is 4.98 Å². The van der Waals surface area contributed by atoms with Crippen molar-refractivity contribution < 1.29 is 0 Å². The highest BCUT2D eigenvalue weighted by Crippen LogP contribution is 2.27. The molecule has 0 amide bonds. The van der Waals surface area contributed by atoms with E-state index in [2.05, 4.69) is 9.97 Å². The zero-order valence-corrected chi connectivity index (χ0v) is 11.5. The second-order valence-electron chi connectivity index (χ2n) is 3.88. The lowest BCUT2D eigenvalue weighted by molar-refractivity contribution is 0.615. The molecule has 1 atom stereocenters. The van der Waals surface area contributed by atoms with Gasteiger partial charge in [0, 0.05) is 12.3 Å². The summed E-state index contributed by atoms with van der Waals surface area (Å²) < 4.78 is 2.31. The van der Waals surface area contributed by atoms with Crippen LogP contribution in [0.1, 0.15) is 28.5 Å². The first-order valence-corrected chi connectivity index (χ1v) is 6.47. The van der Waals surface area contributed by atoms with Gasteiger partial charge in [0.2, 0.25) is 0 Å². The van der Waals surface area contributed by atoms with Crippen LogP contribution in [0.2, 0.25) is 0 Å². The van der Waals surface area contributed by atoms with Gasteiger partial charge < -0.3 is 4.57 Å². The normalized spacial score (nSPS) is 12.6. The van der Waals surface area contributed by atoms with Gasteiger partial charge in [-0.15, -0.1) is 11.3 Å². The smallest absolute Gasteiger partial charge is 0.251 e. The fourth-order valence-electron chi connectivity index (χ4n) is 1.79. The third-order valence-electron chi connectivity index (χ3n) is 2.59. The van der Waals surface area contributed by atoms with Gasteiger partial charge in [-0.3, -0.25) is 9.78 Å². The lowest BCUT2D eigenvalue weighted by atomic mass is 10.2. The van der Waals surface area contributed by atoms with Crippen LogP contribution >= 0.6 is 23.6 Å². The van der Waals surface area contributed by atoms with Crippen molar-refractivity contribution in [2.45, 2.75) is 26.8 Å². The fourth-order valence-corrected chi connectivity index (χ4v) is 3.09. The standard InChI is InChI=1S/C11H13N3OS2/c1-6-10(17-8(3)12-6)7(2)14-5-4-9(15)13-11(14)16/h4-5,7H,1-3H3,(H,13,15,16). The average Bonchev–Trinajstić information content (AvgIpc) is 2.57. The minimum atomic E-state index is -0.171. The Bertz CT molecular complexity index is 653. The molecule has 2 rings (SSSR count). The van der Waals surface area contributed by atoms with Crippen LogP contribution in [0.4, 0.5) is 0 Å². The molecule has 0 aliphatic rings. The van der Waals surface area contributed by atoms with Gasteiger partial charge in [0.1, 0.15) is 0 Å². The number of hydrogen-bond acceptors (Lipinski definition) is 4. The molecule has 0 aliphatic heterocycles. The molecule has 90 valence electrons. The van der Waals surface area contributed by atoms with Crippen LogP contribution in [0.15, 0.2) is 17.1 Å². The topological polar surface area (TPSA) is 50.7 Å². The van der Waals surface area contributed by atoms with Crippen LogP contribution in [0.5, 0.6) is 0 Å². The first kappa shape index (κ1) is 12.2. The second-order valence-corrected chi connectivity index (χ2v) is 5.50. The van der Waals surface area contributed by atoms with E-state index in [4.69, 9.17) is 12.2 Å². The van der Waals surface area contributed by atoms with Crippen LogP contribution in [-0.2, 0) is 0 Å². The summed E-state index contributed by atoms with van der Waals surface area (Å²) in [5.41, 5.74) is 0.851. The van der Waals surface area contributed by atoms with Gasteiger partial charge in [-0.1, -0.05) is 0 Å². The van der Waals surface area contributed by atoms with Crippen molar-refractivity contribution in [1.29, 1.82) is 0 Å². The number of aromatic nitrogens is 3. The summed E-state index contributed by atoms with van der Waals surface area (Å²) in [5.74, 6) is 0. The Hall–Kier alpha value is -1.27. The number of nitrogens with one attached hydrogen (secondary N) is 1. The van der Waals surface area contributed by atoms with E-state index in [1.807, 2.05) is 25.3 Å². The van der Waals surface area contributed by atoms with Gasteiger partial charge >= 0.3 is 0 Å². The molecular formula is C11H13N3OS2. The van der Waals surface area contributed by atoms with E-state index < -0.39 is 0 Å². The molecule has 4 nitrogen and oxygen atoms in total. The molecule has 0 saturated heterocycles. The molecule has 0 saturated carbocycles. The first-order valence-electron chi connectivity index (χ1n) is 5.24. The predicted molar refractivity (Wildman–Crippen MR) is 71.3 cm³/mol. The van der Waals surface area contributed by atoms with Crippen LogP contribution in [-0.4, -0.2) is 14.5 Å². The number of aromatic amines is 1. The molecule has 1 N–H and O–H groups in total. The van der Waals surface area contributed by atoms with Gasteiger partial charge in [-0.2, -0.15) is 0 Å². The van der Waals surface area contributed by atoms with E-state index in [-0.39, 0.29) is 11.6 Å². The summed E-state index contributed by atoms with van der Waals surface area (Å²) in [6.45, 7) is 6.03. The molecule has 0 radical (unpaired) electrons. The van der Waals surface area contributed by atoms with Crippen molar-refractivity contribution in [3.63, 3.8) is 0 Å². The Morgan fingerprint density at radius 2 is 2.24 bits per heavy atom. The molecule has 0 aliphatic carbocycles. The third kappa shape index (κ3) is 2.37. The van der Waals surface area contributed by atoms with Crippen molar-refractivity contribution >= 4 is 23.6 Å². The molecule has 1 unspecified atom stereocenters. The van der Waals surface area contributed by atoms with E-state index in [0.717, 1.165) is 10.7 Å². The largest absolute Gasteiger partial charge is 0.317 e. The summed E-state index contributed by atoms with van der Waals surface area (Å²) in [4.78, 5) is 19.3. The summed E-state index contributed by atoms with van der Waals surface area (Å²) in [7, 11) is 0. The molecule has 0 aromatic carbocycles. The number of H-pyrrole nitrogens is 1. The minimum absolute atomic E-state index is 0.0885. The maximum atomic E-state index is 11.1. The number of nitrogens with zero attached hydrogens (tertiary/aromatic N) is 2. The molecular weight excluding hydrogens is 254 g/mol. The number of rotatable bonds is 2. The molecule has 2 aromatic rings. The minimum Gasteiger partial charge on any atom is -0.317 e. The van der Waals surface area contributed by atoms with Crippen molar-refractivity contribution in [3.8, 4) is 0 Å². The van der Waals surface area contributed by atoms with E-state index in [9.17, 15) is 4.79 Å². The number of hydrogen-bond donors (Lipinski definition) is 1. The van der Waals surface area contributed by atoms with E-state index in [1.54, 1.807) is 17.5 Å². The molecule has 6 heteroatoms. The maximum Gasteiger partial charge on any atom is 0.251 e. The molecule has 2 heterocycles. The summed E-state index contributed by atoms with van der Waals surface area (Å²) in [5, 5.41) is 1.04. The van der Waals surface area contributed by atoms with Crippen molar-refractivity contribution in [2.24, 2.45) is 0 Å². The quantitative estimate of drug-likeness (QED) is 0.851. The Morgan fingerprint density at radius 3 is 2.76 bits per heavy atom. The fraction of sp³-hybridized carbons (Fsp3) is 0.364. The number of aryl methyl sites for hydroxylation is 2. The Kier molecular flexibility index (Phi) is 3.26. The predicted octanol–water partition coefficient (Wildman–Crippen LogP) is 2.59. The zero-order valence-electron chi connectivity index (χ0n) is 9.85. The van der Waals surface area contributed by atoms with Crippen LogP contribution < -0.4 is 5.56 Å². The van der Waals surface area contributed by atoms with Crippen LogP contribution in [0.25, 0.3) is 0 Å². The van der Waals surface area contributed by atoms with Crippen LogP contribution in [0.3, 0.4) is 0 Å². The van der Waals surface area contributed by atoms with Gasteiger partial charge in [0.15, 0.2) is 4.77 Å². The Morgan fingerprint density at radius 1 is 1.53 bits per heavy atom. The second kappa shape index (κ2) is 4.54. The molecule has 0 bridgehead atoms. The summed E-state index contributed by atoms with van der Waals surface area (Å²) >= 11 is 6.82. The van der Waals surface area contributed by atoms with Gasteiger partial charge in [-0.05, 0) is 33.0 Å². The summed E-state index contributed by atoms with van der Waals surface area (Å²) in [6.07, 6.45) is 1.72. The molecule has 0 spiro atoms. The lowest BCUT2D eigenvalue weighted by Crippen LogP contribution is -2.14. The highest BCUT2D eigenvalue weighted by Gasteiger charge is 2.14. The SMILES string of the molecule is Cc1nc(C)c(C(C)n2ccc(=O)[nH]c2=S)s1. The average molecular weight is 267 g/mol. The molecule has 2 aromatic heterocycles. The van der Waals surface area contributed by atoms with E-state index in [0.29, 0.717) is 4.77 Å². The lowest BCUT2D eigenvalue weighted by Gasteiger charge is -2.14. The van der Waals surface area contributed by atoms with Crippen molar-refractivity contribution in [2.75, 3.05) is 0 Å². The highest BCUT2D eigenvalue weighted by molar-refractivity contribution is 7.71. The summed E-state index contributed by atoms with van der Waals surface area (Å²) in [6, 6.07) is 1.57. The number of thiazole rings is 1. The Balaban J connectivity index is 2.50. The van der Waals surface area contributed by atoms with E-state index >= 15 is 0 Å². The van der Waals surface area contributed by atoms with Crippen molar-refractivity contribution in [1.82, 2.24) is 14.5 Å². The highest BCUT2D eigenvalue weighted by atomic mass is 32.1.